The van der Waals surface area contributed by atoms with Crippen LogP contribution in [0.25, 0.3) is 0 Å². The van der Waals surface area contributed by atoms with Crippen molar-refractivity contribution in [2.24, 2.45) is 0 Å². The van der Waals surface area contributed by atoms with E-state index < -0.39 is 63.1 Å². The van der Waals surface area contributed by atoms with Crippen LogP contribution in [0.1, 0.15) is 187 Å². The molecule has 0 heterocycles. The van der Waals surface area contributed by atoms with Crippen LogP contribution in [0.3, 0.4) is 0 Å². The van der Waals surface area contributed by atoms with Crippen molar-refractivity contribution in [2.45, 2.75) is 230 Å². The molecule has 1 aliphatic carbocycles. The lowest BCUT2D eigenvalue weighted by Crippen LogP contribution is -2.64. The fraction of sp³-hybridized carbons (Fsp3) is 0.750. The van der Waals surface area contributed by atoms with E-state index in [4.69, 9.17) is 18.5 Å². The predicted octanol–water partition coefficient (Wildman–Crippen LogP) is 11.1. The van der Waals surface area contributed by atoms with Crippen LogP contribution in [0.15, 0.2) is 72.9 Å². The first-order valence-corrected chi connectivity index (χ1v) is 26.8. The van der Waals surface area contributed by atoms with Gasteiger partial charge in [-0.1, -0.05) is 170 Å². The summed E-state index contributed by atoms with van der Waals surface area (Å²) < 4.78 is 34.3. The summed E-state index contributed by atoms with van der Waals surface area (Å²) in [6.07, 6.45) is 42.4. The summed E-state index contributed by atoms with van der Waals surface area (Å²) in [4.78, 5) is 23.2. The molecule has 1 fully saturated rings. The molecule has 1 aliphatic rings. The third-order valence-electron chi connectivity index (χ3n) is 11.3. The van der Waals surface area contributed by atoms with Crippen molar-refractivity contribution in [3.8, 4) is 0 Å². The number of carbonyl (C=O) groups is 1. The van der Waals surface area contributed by atoms with E-state index in [-0.39, 0.29) is 13.0 Å². The molecule has 0 spiro atoms. The molecule has 13 heteroatoms. The first-order valence-electron chi connectivity index (χ1n) is 25.3. The Labute approximate surface area is 393 Å². The van der Waals surface area contributed by atoms with Crippen LogP contribution in [0.4, 0.5) is 0 Å². The molecule has 0 aromatic heterocycles. The predicted molar refractivity (Wildman–Crippen MR) is 262 cm³/mol. The second-order valence-corrected chi connectivity index (χ2v) is 18.7. The zero-order valence-electron chi connectivity index (χ0n) is 40.3. The molecule has 0 radical (unpaired) electrons. The zero-order chi connectivity index (χ0) is 47.6. The highest BCUT2D eigenvalue weighted by atomic mass is 31.2. The molecule has 0 amide bonds. The molecule has 0 aromatic carbocycles. The van der Waals surface area contributed by atoms with Crippen molar-refractivity contribution in [3.05, 3.63) is 72.9 Å². The van der Waals surface area contributed by atoms with Crippen molar-refractivity contribution in [1.29, 1.82) is 0 Å². The van der Waals surface area contributed by atoms with Crippen molar-refractivity contribution in [1.82, 2.24) is 0 Å². The number of phosphoric ester groups is 1. The summed E-state index contributed by atoms with van der Waals surface area (Å²) >= 11 is 0. The lowest BCUT2D eigenvalue weighted by molar-refractivity contribution is -0.220. The number of unbranched alkanes of at least 4 members (excludes halogenated alkanes) is 18. The lowest BCUT2D eigenvalue weighted by atomic mass is 9.85. The average molecular weight is 939 g/mol. The van der Waals surface area contributed by atoms with Crippen LogP contribution in [0, 0.1) is 0 Å². The van der Waals surface area contributed by atoms with Gasteiger partial charge >= 0.3 is 13.8 Å². The standard InChI is InChI=1S/C52H91O12P/c1-3-5-7-9-11-13-15-17-19-21-22-23-24-25-27-29-31-33-35-37-39-41-46(53)63-45(44-62-65(59,60)64-52-50(57)48(55)47(54)49(56)51(52)58)43-61-42-40-38-36-34-32-30-28-26-20-18-16-14-12-10-8-6-4-2/h5,7,11,13-14,16-17,19-20,22-23,26,45,47-52,54-58H,3-4,6,8-10,12,15,18,21,24-25,27-44H2,1-2H3,(H,59,60)/b7-5-,13-11-,16-14-,19-17-,23-22-,26-20-. The number of aliphatic hydroxyl groups is 5. The summed E-state index contributed by atoms with van der Waals surface area (Å²) in [6, 6.07) is 0. The largest absolute Gasteiger partial charge is 0.472 e. The van der Waals surface area contributed by atoms with E-state index in [9.17, 15) is 39.8 Å². The zero-order valence-corrected chi connectivity index (χ0v) is 41.2. The van der Waals surface area contributed by atoms with E-state index in [2.05, 4.69) is 86.8 Å². The summed E-state index contributed by atoms with van der Waals surface area (Å²) in [5.74, 6) is -0.491. The summed E-state index contributed by atoms with van der Waals surface area (Å²) in [5.41, 5.74) is 0. The molecule has 65 heavy (non-hydrogen) atoms. The number of esters is 1. The minimum atomic E-state index is -5.03. The first kappa shape index (κ1) is 60.8. The van der Waals surface area contributed by atoms with Crippen LogP contribution >= 0.6 is 7.82 Å². The van der Waals surface area contributed by atoms with Gasteiger partial charge in [-0.3, -0.25) is 13.8 Å². The van der Waals surface area contributed by atoms with Gasteiger partial charge in [0.1, 0.15) is 42.7 Å². The number of hydrogen-bond donors (Lipinski definition) is 6. The number of hydrogen-bond acceptors (Lipinski definition) is 11. The normalized spacial score (nSPS) is 22.2. The maximum atomic E-state index is 12.8. The van der Waals surface area contributed by atoms with Crippen molar-refractivity contribution < 1.29 is 58.3 Å². The average Bonchev–Trinajstić information content (AvgIpc) is 3.29. The molecule has 6 atom stereocenters. The molecular formula is C52H91O12P. The quantitative estimate of drug-likeness (QED) is 0.0147. The third-order valence-corrected chi connectivity index (χ3v) is 12.3. The molecule has 6 unspecified atom stereocenters. The van der Waals surface area contributed by atoms with Gasteiger partial charge in [-0.2, -0.15) is 0 Å². The van der Waals surface area contributed by atoms with Crippen LogP contribution in [-0.4, -0.2) is 98.9 Å². The number of carbonyl (C=O) groups excluding carboxylic acids is 1. The van der Waals surface area contributed by atoms with Gasteiger partial charge in [-0.05, 0) is 83.5 Å². The molecular weight excluding hydrogens is 848 g/mol. The molecule has 1 saturated carbocycles. The Morgan fingerprint density at radius 3 is 1.38 bits per heavy atom. The first-order chi connectivity index (χ1) is 31.5. The number of ether oxygens (including phenoxy) is 2. The Hall–Kier alpha value is -2.22. The molecule has 0 saturated heterocycles. The maximum Gasteiger partial charge on any atom is 0.472 e. The summed E-state index contributed by atoms with van der Waals surface area (Å²) in [7, 11) is -5.03. The molecule has 12 nitrogen and oxygen atoms in total. The van der Waals surface area contributed by atoms with Crippen LogP contribution in [0.5, 0.6) is 0 Å². The fourth-order valence-corrected chi connectivity index (χ4v) is 8.29. The number of rotatable bonds is 42. The van der Waals surface area contributed by atoms with Crippen molar-refractivity contribution in [2.75, 3.05) is 19.8 Å². The highest BCUT2D eigenvalue weighted by Crippen LogP contribution is 2.47. The topological polar surface area (TPSA) is 192 Å². The van der Waals surface area contributed by atoms with Gasteiger partial charge in [-0.25, -0.2) is 4.57 Å². The van der Waals surface area contributed by atoms with E-state index in [0.717, 1.165) is 109 Å². The minimum absolute atomic E-state index is 0.0906. The Kier molecular flexibility index (Phi) is 39.2. The SMILES string of the molecule is CC/C=C\C/C=C\C/C=C\C/C=C\CCCCCCCCCCC(=O)OC(COCCCCCCCC/C=C\C/C=C\CCCCCC)COP(=O)(O)OC1C(O)C(O)C(O)C(O)C1O. The van der Waals surface area contributed by atoms with Gasteiger partial charge in [0.15, 0.2) is 0 Å². The van der Waals surface area contributed by atoms with E-state index in [1.165, 1.54) is 51.4 Å². The van der Waals surface area contributed by atoms with E-state index in [1.54, 1.807) is 0 Å². The molecule has 1 rings (SSSR count). The minimum Gasteiger partial charge on any atom is -0.457 e. The van der Waals surface area contributed by atoms with Gasteiger partial charge < -0.3 is 39.9 Å². The Balaban J connectivity index is 2.37. The number of phosphoric acid groups is 1. The van der Waals surface area contributed by atoms with Gasteiger partial charge in [0.2, 0.25) is 0 Å². The summed E-state index contributed by atoms with van der Waals surface area (Å²) in [5, 5.41) is 50.3. The number of allylic oxidation sites excluding steroid dienone is 12. The van der Waals surface area contributed by atoms with E-state index in [1.807, 2.05) is 0 Å². The molecule has 0 aromatic rings. The Bertz CT molecular complexity index is 1350. The summed E-state index contributed by atoms with van der Waals surface area (Å²) in [6.45, 7) is 4.10. The van der Waals surface area contributed by atoms with Crippen molar-refractivity contribution in [3.63, 3.8) is 0 Å². The molecule has 6 N–H and O–H groups in total. The van der Waals surface area contributed by atoms with Crippen LogP contribution < -0.4 is 0 Å². The van der Waals surface area contributed by atoms with Crippen LogP contribution in [0.2, 0.25) is 0 Å². The van der Waals surface area contributed by atoms with Crippen molar-refractivity contribution >= 4 is 13.8 Å². The monoisotopic (exact) mass is 939 g/mol. The van der Waals surface area contributed by atoms with Gasteiger partial charge in [-0.15, -0.1) is 0 Å². The smallest absolute Gasteiger partial charge is 0.457 e. The van der Waals surface area contributed by atoms with Gasteiger partial charge in [0, 0.05) is 13.0 Å². The molecule has 0 bridgehead atoms. The molecule has 0 aliphatic heterocycles. The lowest BCUT2D eigenvalue weighted by Gasteiger charge is -2.41. The van der Waals surface area contributed by atoms with E-state index >= 15 is 0 Å². The maximum absolute atomic E-state index is 12.8. The number of aliphatic hydroxyl groups excluding tert-OH is 5. The fourth-order valence-electron chi connectivity index (χ4n) is 7.32. The van der Waals surface area contributed by atoms with Crippen LogP contribution in [-0.2, 0) is 27.9 Å². The Morgan fingerprint density at radius 1 is 0.508 bits per heavy atom. The highest BCUT2D eigenvalue weighted by molar-refractivity contribution is 7.47. The molecule has 376 valence electrons. The van der Waals surface area contributed by atoms with E-state index in [0.29, 0.717) is 13.0 Å². The Morgan fingerprint density at radius 2 is 0.908 bits per heavy atom. The van der Waals surface area contributed by atoms with Gasteiger partial charge in [0.05, 0.1) is 13.2 Å². The third kappa shape index (κ3) is 33.8. The second kappa shape index (κ2) is 41.9. The highest BCUT2D eigenvalue weighted by Gasteiger charge is 2.51. The second-order valence-electron chi connectivity index (χ2n) is 17.3. The van der Waals surface area contributed by atoms with Gasteiger partial charge in [0.25, 0.3) is 0 Å².